The van der Waals surface area contributed by atoms with Gasteiger partial charge in [-0.15, -0.1) is 0 Å². The summed E-state index contributed by atoms with van der Waals surface area (Å²) < 4.78 is 5.69. The van der Waals surface area contributed by atoms with Crippen molar-refractivity contribution in [2.45, 2.75) is 13.2 Å². The van der Waals surface area contributed by atoms with Crippen molar-refractivity contribution < 1.29 is 4.74 Å². The van der Waals surface area contributed by atoms with Gasteiger partial charge in [0, 0.05) is 10.6 Å². The van der Waals surface area contributed by atoms with Gasteiger partial charge in [0.15, 0.2) is 0 Å². The van der Waals surface area contributed by atoms with Gasteiger partial charge < -0.3 is 10.5 Å². The number of hydrogen-bond donors (Lipinski definition) is 1. The summed E-state index contributed by atoms with van der Waals surface area (Å²) >= 11 is 6.08. The van der Waals surface area contributed by atoms with Gasteiger partial charge in [0.05, 0.1) is 19.8 Å². The minimum absolute atomic E-state index is 0.368. The zero-order valence-corrected chi connectivity index (χ0v) is 11.9. The van der Waals surface area contributed by atoms with Crippen molar-refractivity contribution in [3.63, 3.8) is 0 Å². The van der Waals surface area contributed by atoms with Gasteiger partial charge in [0.25, 0.3) is 0 Å². The van der Waals surface area contributed by atoms with Crippen LogP contribution in [0.4, 0.5) is 0 Å². The number of halogens is 1. The Morgan fingerprint density at radius 2 is 1.90 bits per heavy atom. The minimum Gasteiger partial charge on any atom is -0.372 e. The van der Waals surface area contributed by atoms with E-state index < -0.39 is 0 Å². The lowest BCUT2D eigenvalue weighted by Gasteiger charge is -2.06. The van der Waals surface area contributed by atoms with Gasteiger partial charge in [0.1, 0.15) is 0 Å². The van der Waals surface area contributed by atoms with E-state index in [0.29, 0.717) is 19.8 Å². The lowest BCUT2D eigenvalue weighted by molar-refractivity contribution is 0.107. The quantitative estimate of drug-likeness (QED) is 0.874. The van der Waals surface area contributed by atoms with E-state index in [0.717, 1.165) is 21.7 Å². The van der Waals surface area contributed by atoms with E-state index in [-0.39, 0.29) is 0 Å². The highest BCUT2D eigenvalue weighted by Gasteiger charge is 2.00. The fourth-order valence-electron chi connectivity index (χ4n) is 1.79. The molecule has 0 aliphatic heterocycles. The van der Waals surface area contributed by atoms with Crippen molar-refractivity contribution in [1.29, 1.82) is 0 Å². The molecule has 0 aliphatic rings. The van der Waals surface area contributed by atoms with Crippen molar-refractivity contribution >= 4 is 11.6 Å². The molecule has 0 spiro atoms. The van der Waals surface area contributed by atoms with Crippen molar-refractivity contribution in [2.24, 2.45) is 5.73 Å². The van der Waals surface area contributed by atoms with E-state index in [4.69, 9.17) is 22.1 Å². The first kappa shape index (κ1) is 14.6. The molecule has 2 aromatic carbocycles. The lowest BCUT2D eigenvalue weighted by atomic mass is 10.1. The molecule has 2 rings (SSSR count). The summed E-state index contributed by atoms with van der Waals surface area (Å²) in [6.45, 7) is 1.40. The molecule has 0 bridgehead atoms. The molecule has 2 N–H and O–H groups in total. The normalized spacial score (nSPS) is 9.90. The number of hydrogen-bond acceptors (Lipinski definition) is 2. The zero-order chi connectivity index (χ0) is 14.2. The van der Waals surface area contributed by atoms with Crippen molar-refractivity contribution in [2.75, 3.05) is 6.54 Å². The monoisotopic (exact) mass is 285 g/mol. The Hall–Kier alpha value is -1.79. The second kappa shape index (κ2) is 7.72. The zero-order valence-electron chi connectivity index (χ0n) is 11.1. The van der Waals surface area contributed by atoms with E-state index >= 15 is 0 Å². The van der Waals surface area contributed by atoms with Gasteiger partial charge in [-0.25, -0.2) is 0 Å². The molecule has 2 aromatic rings. The van der Waals surface area contributed by atoms with E-state index in [1.807, 2.05) is 48.5 Å². The molecule has 0 aromatic heterocycles. The first-order valence-electron chi connectivity index (χ1n) is 6.38. The third-order valence-corrected chi connectivity index (χ3v) is 3.11. The first-order valence-corrected chi connectivity index (χ1v) is 6.76. The number of rotatable bonds is 4. The number of benzene rings is 2. The highest BCUT2D eigenvalue weighted by molar-refractivity contribution is 6.31. The summed E-state index contributed by atoms with van der Waals surface area (Å²) in [5.74, 6) is 5.85. The fourth-order valence-corrected chi connectivity index (χ4v) is 1.98. The molecule has 0 fully saturated rings. The molecule has 3 heteroatoms. The molecule has 0 atom stereocenters. The molecular weight excluding hydrogens is 270 g/mol. The van der Waals surface area contributed by atoms with Crippen LogP contribution in [0.5, 0.6) is 0 Å². The standard InChI is InChI=1S/C17H16ClNO/c18-17-9-2-1-8-16(17)13-20-12-15-6-3-5-14(11-15)7-4-10-19/h1-3,5-6,8-9,11H,10,12-13,19H2. The van der Waals surface area contributed by atoms with Crippen molar-refractivity contribution in [3.05, 3.63) is 70.2 Å². The van der Waals surface area contributed by atoms with Gasteiger partial charge in [-0.1, -0.05) is 53.8 Å². The summed E-state index contributed by atoms with van der Waals surface area (Å²) in [4.78, 5) is 0. The Bertz CT molecular complexity index is 628. The molecular formula is C17H16ClNO. The first-order chi connectivity index (χ1) is 9.79. The molecule has 0 radical (unpaired) electrons. The maximum atomic E-state index is 6.08. The Morgan fingerprint density at radius 3 is 2.70 bits per heavy atom. The van der Waals surface area contributed by atoms with E-state index in [2.05, 4.69) is 11.8 Å². The van der Waals surface area contributed by atoms with Gasteiger partial charge in [-0.3, -0.25) is 0 Å². The van der Waals surface area contributed by atoms with Crippen LogP contribution in [0.3, 0.4) is 0 Å². The molecule has 0 saturated heterocycles. The summed E-state index contributed by atoms with van der Waals surface area (Å²) in [7, 11) is 0. The molecule has 20 heavy (non-hydrogen) atoms. The van der Waals surface area contributed by atoms with Gasteiger partial charge in [-0.05, 0) is 29.3 Å². The third kappa shape index (κ3) is 4.40. The SMILES string of the molecule is NCC#Cc1cccc(COCc2ccccc2Cl)c1. The maximum Gasteiger partial charge on any atom is 0.0735 e. The highest BCUT2D eigenvalue weighted by atomic mass is 35.5. The molecule has 0 aliphatic carbocycles. The minimum atomic E-state index is 0.368. The Morgan fingerprint density at radius 1 is 1.05 bits per heavy atom. The average Bonchev–Trinajstić information content (AvgIpc) is 2.48. The third-order valence-electron chi connectivity index (χ3n) is 2.75. The van der Waals surface area contributed by atoms with Crippen LogP contribution in [0, 0.1) is 11.8 Å². The highest BCUT2D eigenvalue weighted by Crippen LogP contribution is 2.16. The van der Waals surface area contributed by atoms with Crippen molar-refractivity contribution in [3.8, 4) is 11.8 Å². The van der Waals surface area contributed by atoms with Crippen LogP contribution in [0.2, 0.25) is 5.02 Å². The van der Waals surface area contributed by atoms with Crippen LogP contribution in [-0.2, 0) is 18.0 Å². The van der Waals surface area contributed by atoms with E-state index in [1.54, 1.807) is 0 Å². The molecule has 2 nitrogen and oxygen atoms in total. The molecule has 0 unspecified atom stereocenters. The van der Waals surface area contributed by atoms with Gasteiger partial charge in [0.2, 0.25) is 0 Å². The number of ether oxygens (including phenoxy) is 1. The summed E-state index contributed by atoms with van der Waals surface area (Å²) in [5.41, 5.74) is 8.39. The second-order valence-corrected chi connectivity index (χ2v) is 4.70. The van der Waals surface area contributed by atoms with Crippen LogP contribution in [0.25, 0.3) is 0 Å². The molecule has 0 amide bonds. The summed E-state index contributed by atoms with van der Waals surface area (Å²) in [5, 5.41) is 0.732. The van der Waals surface area contributed by atoms with Gasteiger partial charge in [-0.2, -0.15) is 0 Å². The van der Waals surface area contributed by atoms with Crippen LogP contribution >= 0.6 is 11.6 Å². The Balaban J connectivity index is 1.93. The van der Waals surface area contributed by atoms with Crippen molar-refractivity contribution in [1.82, 2.24) is 0 Å². The predicted molar refractivity (Wildman–Crippen MR) is 82.3 cm³/mol. The largest absolute Gasteiger partial charge is 0.372 e. The van der Waals surface area contributed by atoms with Gasteiger partial charge >= 0.3 is 0 Å². The van der Waals surface area contributed by atoms with Crippen LogP contribution in [0.15, 0.2) is 48.5 Å². The topological polar surface area (TPSA) is 35.2 Å². The average molecular weight is 286 g/mol. The molecule has 0 heterocycles. The Kier molecular flexibility index (Phi) is 5.64. The maximum absolute atomic E-state index is 6.08. The molecule has 0 saturated carbocycles. The van der Waals surface area contributed by atoms with Crippen LogP contribution in [-0.4, -0.2) is 6.54 Å². The molecule has 102 valence electrons. The predicted octanol–water partition coefficient (Wildman–Crippen LogP) is 3.37. The van der Waals surface area contributed by atoms with Crippen LogP contribution < -0.4 is 5.73 Å². The second-order valence-electron chi connectivity index (χ2n) is 4.29. The van der Waals surface area contributed by atoms with E-state index in [9.17, 15) is 0 Å². The fraction of sp³-hybridized carbons (Fsp3) is 0.176. The summed E-state index contributed by atoms with van der Waals surface area (Å²) in [6, 6.07) is 15.6. The summed E-state index contributed by atoms with van der Waals surface area (Å²) in [6.07, 6.45) is 0. The Labute approximate surface area is 124 Å². The van der Waals surface area contributed by atoms with E-state index in [1.165, 1.54) is 0 Å². The number of nitrogens with two attached hydrogens (primary N) is 1. The smallest absolute Gasteiger partial charge is 0.0735 e. The van der Waals surface area contributed by atoms with Crippen LogP contribution in [0.1, 0.15) is 16.7 Å². The lowest BCUT2D eigenvalue weighted by Crippen LogP contribution is -1.96.